The highest BCUT2D eigenvalue weighted by Crippen LogP contribution is 2.15. The first-order valence-corrected chi connectivity index (χ1v) is 6.21. The molecule has 0 atom stereocenters. The molecule has 1 N–H and O–H groups in total. The Labute approximate surface area is 123 Å². The van der Waals surface area contributed by atoms with E-state index < -0.39 is 23.1 Å². The lowest BCUT2D eigenvalue weighted by Crippen LogP contribution is -2.16. The predicted molar refractivity (Wildman–Crippen MR) is 73.5 cm³/mol. The molecule has 0 fully saturated rings. The Kier molecular flexibility index (Phi) is 3.57. The monoisotopic (exact) mass is 301 g/mol. The van der Waals surface area contributed by atoms with Crippen LogP contribution in [0, 0.1) is 11.6 Å². The number of nitrogens with one attached hydrogen (secondary N) is 1. The second-order valence-corrected chi connectivity index (χ2v) is 4.30. The van der Waals surface area contributed by atoms with E-state index in [1.165, 1.54) is 29.6 Å². The van der Waals surface area contributed by atoms with Crippen LogP contribution in [0.3, 0.4) is 0 Å². The number of aromatic nitrogens is 4. The van der Waals surface area contributed by atoms with Crippen molar-refractivity contribution < 1.29 is 13.6 Å². The van der Waals surface area contributed by atoms with Gasteiger partial charge in [0.1, 0.15) is 29.9 Å². The molecule has 3 rings (SSSR count). The summed E-state index contributed by atoms with van der Waals surface area (Å²) in [5.74, 6) is -2.24. The highest BCUT2D eigenvalue weighted by molar-refractivity contribution is 6.04. The first kappa shape index (κ1) is 13.8. The number of anilines is 1. The lowest BCUT2D eigenvalue weighted by Gasteiger charge is -2.07. The number of carbonyl (C=O) groups excluding carboxylic acids is 1. The Balaban J connectivity index is 1.80. The van der Waals surface area contributed by atoms with Crippen molar-refractivity contribution in [3.63, 3.8) is 0 Å². The molecule has 8 heteroatoms. The van der Waals surface area contributed by atoms with Crippen LogP contribution >= 0.6 is 0 Å². The third-order valence-corrected chi connectivity index (χ3v) is 2.85. The summed E-state index contributed by atoms with van der Waals surface area (Å²) in [4.78, 5) is 19.8. The van der Waals surface area contributed by atoms with Gasteiger partial charge in [0.15, 0.2) is 5.82 Å². The molecule has 0 spiro atoms. The predicted octanol–water partition coefficient (Wildman–Crippen LogP) is 2.19. The van der Waals surface area contributed by atoms with E-state index in [0.717, 1.165) is 12.1 Å². The molecule has 110 valence electrons. The van der Waals surface area contributed by atoms with Gasteiger partial charge in [-0.05, 0) is 24.3 Å². The number of hydrogen-bond donors (Lipinski definition) is 1. The standard InChI is InChI=1S/C14H9F2N5O/c15-10-2-1-3-11(16)13(10)14(22)20-9-4-5-12(18-6-9)21-8-17-7-19-21/h1-8H,(H,20,22). The van der Waals surface area contributed by atoms with Crippen molar-refractivity contribution in [3.05, 3.63) is 66.4 Å². The number of halogens is 2. The Morgan fingerprint density at radius 1 is 1.14 bits per heavy atom. The van der Waals surface area contributed by atoms with Crippen molar-refractivity contribution in [1.29, 1.82) is 0 Å². The van der Waals surface area contributed by atoms with Gasteiger partial charge in [-0.25, -0.2) is 23.4 Å². The number of hydrogen-bond acceptors (Lipinski definition) is 4. The van der Waals surface area contributed by atoms with Gasteiger partial charge in [-0.1, -0.05) is 6.07 Å². The van der Waals surface area contributed by atoms with E-state index in [9.17, 15) is 13.6 Å². The first-order valence-electron chi connectivity index (χ1n) is 6.21. The van der Waals surface area contributed by atoms with E-state index in [-0.39, 0.29) is 0 Å². The highest BCUT2D eigenvalue weighted by Gasteiger charge is 2.17. The van der Waals surface area contributed by atoms with Crippen LogP contribution in [-0.4, -0.2) is 25.7 Å². The third-order valence-electron chi connectivity index (χ3n) is 2.85. The van der Waals surface area contributed by atoms with Crippen LogP contribution < -0.4 is 5.32 Å². The molecular weight excluding hydrogens is 292 g/mol. The lowest BCUT2D eigenvalue weighted by atomic mass is 10.2. The number of amides is 1. The second kappa shape index (κ2) is 5.68. The van der Waals surface area contributed by atoms with Gasteiger partial charge in [0, 0.05) is 0 Å². The topological polar surface area (TPSA) is 72.7 Å². The molecule has 3 aromatic rings. The summed E-state index contributed by atoms with van der Waals surface area (Å²) in [6.45, 7) is 0. The molecule has 0 aliphatic heterocycles. The molecule has 0 bridgehead atoms. The minimum atomic E-state index is -0.926. The molecule has 1 aromatic carbocycles. The highest BCUT2D eigenvalue weighted by atomic mass is 19.1. The van der Waals surface area contributed by atoms with E-state index in [2.05, 4.69) is 20.4 Å². The maximum absolute atomic E-state index is 13.5. The smallest absolute Gasteiger partial charge is 0.261 e. The maximum atomic E-state index is 13.5. The zero-order chi connectivity index (χ0) is 15.5. The van der Waals surface area contributed by atoms with Crippen molar-refractivity contribution in [2.75, 3.05) is 5.32 Å². The average Bonchev–Trinajstić information content (AvgIpc) is 3.02. The molecule has 2 heterocycles. The van der Waals surface area contributed by atoms with E-state index in [1.807, 2.05) is 0 Å². The quantitative estimate of drug-likeness (QED) is 0.805. The molecule has 0 unspecified atom stereocenters. The van der Waals surface area contributed by atoms with Crippen LogP contribution in [0.15, 0.2) is 49.2 Å². The van der Waals surface area contributed by atoms with Crippen molar-refractivity contribution in [3.8, 4) is 5.82 Å². The largest absolute Gasteiger partial charge is 0.320 e. The van der Waals surface area contributed by atoms with Gasteiger partial charge in [-0.3, -0.25) is 4.79 Å². The molecule has 1 amide bonds. The molecule has 0 radical (unpaired) electrons. The molecule has 2 aromatic heterocycles. The summed E-state index contributed by atoms with van der Waals surface area (Å²) < 4.78 is 28.5. The number of carbonyl (C=O) groups is 1. The lowest BCUT2D eigenvalue weighted by molar-refractivity contribution is 0.101. The summed E-state index contributed by atoms with van der Waals surface area (Å²) in [6, 6.07) is 6.35. The molecular formula is C14H9F2N5O. The number of rotatable bonds is 3. The molecule has 0 saturated carbocycles. The minimum absolute atomic E-state index is 0.302. The van der Waals surface area contributed by atoms with Crippen LogP contribution in [0.4, 0.5) is 14.5 Å². The Morgan fingerprint density at radius 2 is 1.91 bits per heavy atom. The van der Waals surface area contributed by atoms with Gasteiger partial charge in [-0.2, -0.15) is 5.10 Å². The van der Waals surface area contributed by atoms with Crippen molar-refractivity contribution in [2.45, 2.75) is 0 Å². The van der Waals surface area contributed by atoms with E-state index in [1.54, 1.807) is 12.1 Å². The van der Waals surface area contributed by atoms with Gasteiger partial charge < -0.3 is 5.32 Å². The normalized spacial score (nSPS) is 10.5. The van der Waals surface area contributed by atoms with Gasteiger partial charge in [-0.15, -0.1) is 0 Å². The average molecular weight is 301 g/mol. The van der Waals surface area contributed by atoms with Crippen LogP contribution in [-0.2, 0) is 0 Å². The molecule has 22 heavy (non-hydrogen) atoms. The summed E-state index contributed by atoms with van der Waals surface area (Å²) in [5, 5.41) is 6.29. The molecule has 0 aliphatic carbocycles. The second-order valence-electron chi connectivity index (χ2n) is 4.30. The molecule has 6 nitrogen and oxygen atoms in total. The van der Waals surface area contributed by atoms with E-state index in [4.69, 9.17) is 0 Å². The molecule has 0 saturated heterocycles. The van der Waals surface area contributed by atoms with E-state index >= 15 is 0 Å². The SMILES string of the molecule is O=C(Nc1ccc(-n2cncn2)nc1)c1c(F)cccc1F. The molecule has 0 aliphatic rings. The Bertz CT molecular complexity index is 782. The van der Waals surface area contributed by atoms with Crippen molar-refractivity contribution in [1.82, 2.24) is 19.7 Å². The fourth-order valence-corrected chi connectivity index (χ4v) is 1.83. The summed E-state index contributed by atoms with van der Waals surface area (Å²) in [6.07, 6.45) is 4.18. The van der Waals surface area contributed by atoms with Gasteiger partial charge in [0.25, 0.3) is 5.91 Å². The van der Waals surface area contributed by atoms with Crippen molar-refractivity contribution >= 4 is 11.6 Å². The maximum Gasteiger partial charge on any atom is 0.261 e. The van der Waals surface area contributed by atoms with Crippen LogP contribution in [0.5, 0.6) is 0 Å². The third kappa shape index (κ3) is 2.66. The summed E-state index contributed by atoms with van der Waals surface area (Å²) >= 11 is 0. The van der Waals surface area contributed by atoms with Crippen molar-refractivity contribution in [2.24, 2.45) is 0 Å². The number of pyridine rings is 1. The summed E-state index contributed by atoms with van der Waals surface area (Å²) in [5.41, 5.74) is -0.334. The van der Waals surface area contributed by atoms with Gasteiger partial charge >= 0.3 is 0 Å². The van der Waals surface area contributed by atoms with Crippen LogP contribution in [0.2, 0.25) is 0 Å². The zero-order valence-corrected chi connectivity index (χ0v) is 11.1. The van der Waals surface area contributed by atoms with Crippen LogP contribution in [0.25, 0.3) is 5.82 Å². The minimum Gasteiger partial charge on any atom is -0.320 e. The van der Waals surface area contributed by atoms with Gasteiger partial charge in [0.2, 0.25) is 0 Å². The van der Waals surface area contributed by atoms with E-state index in [0.29, 0.717) is 11.5 Å². The van der Waals surface area contributed by atoms with Gasteiger partial charge in [0.05, 0.1) is 11.9 Å². The zero-order valence-electron chi connectivity index (χ0n) is 11.1. The fraction of sp³-hybridized carbons (Fsp3) is 0. The Morgan fingerprint density at radius 3 is 2.50 bits per heavy atom. The first-order chi connectivity index (χ1) is 10.6. The number of nitrogens with zero attached hydrogens (tertiary/aromatic N) is 4. The van der Waals surface area contributed by atoms with Crippen LogP contribution in [0.1, 0.15) is 10.4 Å². The fourth-order valence-electron chi connectivity index (χ4n) is 1.83. The summed E-state index contributed by atoms with van der Waals surface area (Å²) in [7, 11) is 0. The number of benzene rings is 1. The Hall–Kier alpha value is -3.16.